The molecule has 0 fully saturated rings. The first-order valence-corrected chi connectivity index (χ1v) is 7.78. The Bertz CT molecular complexity index is 202. The van der Waals surface area contributed by atoms with Gasteiger partial charge in [-0.2, -0.15) is 5.26 Å². The van der Waals surface area contributed by atoms with Crippen molar-refractivity contribution in [2.45, 2.75) is 71.1 Å². The Balaban J connectivity index is 0. The van der Waals surface area contributed by atoms with Gasteiger partial charge < -0.3 is 5.73 Å². The van der Waals surface area contributed by atoms with Gasteiger partial charge in [-0.3, -0.25) is 0 Å². The van der Waals surface area contributed by atoms with E-state index >= 15 is 0 Å². The summed E-state index contributed by atoms with van der Waals surface area (Å²) in [5.41, 5.74) is 4.15. The van der Waals surface area contributed by atoms with Crippen LogP contribution in [0, 0.1) is 11.5 Å². The van der Waals surface area contributed by atoms with E-state index in [0.717, 1.165) is 40.8 Å². The molecule has 0 aliphatic heterocycles. The molecule has 0 heterocycles. The van der Waals surface area contributed by atoms with E-state index in [1.165, 1.54) is 57.6 Å². The third kappa shape index (κ3) is 25.9. The molecule has 3 nitrogen and oxygen atoms in total. The van der Waals surface area contributed by atoms with Crippen LogP contribution in [0.25, 0.3) is 0 Å². The van der Waals surface area contributed by atoms with Gasteiger partial charge in [-0.05, 0) is 0 Å². The van der Waals surface area contributed by atoms with E-state index in [1.54, 1.807) is 0 Å². The largest absolute Gasteiger partial charge is 0.337 e. The van der Waals surface area contributed by atoms with E-state index in [2.05, 4.69) is 12.7 Å². The first kappa shape index (κ1) is 19.3. The summed E-state index contributed by atoms with van der Waals surface area (Å²) >= 11 is 0.751. The van der Waals surface area contributed by atoms with Crippen molar-refractivity contribution in [1.29, 1.82) is 5.26 Å². The normalized spacial score (nSPS) is 9.06. The second-order valence-electron chi connectivity index (χ2n) is 4.41. The summed E-state index contributed by atoms with van der Waals surface area (Å²) in [6.45, 7) is 2.26. The van der Waals surface area contributed by atoms with Crippen LogP contribution < -0.4 is 5.73 Å². The van der Waals surface area contributed by atoms with Crippen LogP contribution in [-0.4, -0.2) is 31.0 Å². The van der Waals surface area contributed by atoms with Crippen molar-refractivity contribution in [2.24, 2.45) is 5.73 Å². The summed E-state index contributed by atoms with van der Waals surface area (Å²) in [4.78, 5) is 10.7. The Kier molecular flexibility index (Phi) is 20.8. The van der Waals surface area contributed by atoms with Crippen LogP contribution in [0.15, 0.2) is 0 Å². The molecule has 94 valence electrons. The van der Waals surface area contributed by atoms with E-state index in [-0.39, 0.29) is 0 Å². The molecule has 0 rings (SSSR count). The predicted octanol–water partition coefficient (Wildman–Crippen LogP) is 3.03. The average Bonchev–Trinajstić information content (AvgIpc) is 2.27. The molecule has 2 N–H and O–H groups in total. The van der Waals surface area contributed by atoms with Crippen LogP contribution in [0.2, 0.25) is 0 Å². The number of nitriles is 1. The van der Waals surface area contributed by atoms with Crippen molar-refractivity contribution in [3.8, 4) is 6.19 Å². The smallest absolute Gasteiger partial charge is 0.173 e. The molecule has 0 atom stereocenters. The van der Waals surface area contributed by atoms with Gasteiger partial charge in [0.05, 0.1) is 0 Å². The summed E-state index contributed by atoms with van der Waals surface area (Å²) in [5, 5.41) is 7.10. The third-order valence-corrected chi connectivity index (χ3v) is 3.13. The molecule has 0 bridgehead atoms. The van der Waals surface area contributed by atoms with E-state index in [1.807, 2.05) is 0 Å². The van der Waals surface area contributed by atoms with Gasteiger partial charge in [0.1, 0.15) is 0 Å². The van der Waals surface area contributed by atoms with Crippen molar-refractivity contribution in [3.05, 3.63) is 0 Å². The Morgan fingerprint density at radius 3 is 1.76 bits per heavy atom. The molecule has 0 spiro atoms. The molecule has 4 heteroatoms. The molecular formula is C13H25N2NaO. The predicted molar refractivity (Wildman–Crippen MR) is 72.4 cm³/mol. The monoisotopic (exact) mass is 248 g/mol. The zero-order valence-corrected chi connectivity index (χ0v) is 13.5. The van der Waals surface area contributed by atoms with E-state index in [0.29, 0.717) is 3.03 Å². The molecule has 0 aliphatic carbocycles. The molecule has 0 saturated carbocycles. The quantitative estimate of drug-likeness (QED) is 0.280. The van der Waals surface area contributed by atoms with E-state index in [9.17, 15) is 4.79 Å². The minimum absolute atomic E-state index is 0.480. The molecular weight excluding hydrogens is 223 g/mol. The van der Waals surface area contributed by atoms with Crippen LogP contribution in [-0.2, 0) is 4.79 Å². The molecule has 0 unspecified atom stereocenters. The van der Waals surface area contributed by atoms with Gasteiger partial charge in [0, 0.05) is 0 Å². The number of carbonyl (C=O) groups is 1. The Labute approximate surface area is 124 Å². The first-order chi connectivity index (χ1) is 8.18. The Morgan fingerprint density at radius 1 is 1.06 bits per heavy atom. The maximum absolute atomic E-state index is 10.7. The van der Waals surface area contributed by atoms with E-state index < -0.39 is 0 Å². The van der Waals surface area contributed by atoms with Gasteiger partial charge in [-0.1, -0.05) is 0 Å². The second kappa shape index (κ2) is 18.3. The van der Waals surface area contributed by atoms with Crippen LogP contribution >= 0.6 is 0 Å². The van der Waals surface area contributed by atoms with Crippen molar-refractivity contribution in [3.63, 3.8) is 0 Å². The molecule has 0 aromatic heterocycles. The molecule has 17 heavy (non-hydrogen) atoms. The standard InChI is InChI=1S/C12H23O.CH2N2.Na/c1-2-3-4-5-6-7-8-9-10-11-12-13;2-1-3;/h2-11H2,1H3;2H2;. The molecule has 0 aliphatic rings. The number of hydrogen-bond acceptors (Lipinski definition) is 3. The third-order valence-electron chi connectivity index (χ3n) is 2.63. The maximum atomic E-state index is 10.7. The maximum Gasteiger partial charge on any atom is 0.173 e. The van der Waals surface area contributed by atoms with Gasteiger partial charge in [-0.15, -0.1) is 0 Å². The fourth-order valence-electron chi connectivity index (χ4n) is 1.68. The van der Waals surface area contributed by atoms with Crippen molar-refractivity contribution in [2.75, 3.05) is 0 Å². The zero-order chi connectivity index (χ0) is 13.4. The van der Waals surface area contributed by atoms with Gasteiger partial charge in [0.2, 0.25) is 0 Å². The zero-order valence-electron chi connectivity index (χ0n) is 11.5. The van der Waals surface area contributed by atoms with Crippen molar-refractivity contribution >= 4 is 31.0 Å². The SMILES string of the molecule is CCCCCCCCCCC[C](=O)[Na].N#CN. The topological polar surface area (TPSA) is 66.9 Å². The molecule has 0 amide bonds. The molecule has 0 radical (unpaired) electrons. The van der Waals surface area contributed by atoms with Crippen LogP contribution in [0.4, 0.5) is 0 Å². The van der Waals surface area contributed by atoms with Gasteiger partial charge in [-0.25, -0.2) is 0 Å². The number of nitrogens with two attached hydrogens (primary N) is 1. The van der Waals surface area contributed by atoms with Crippen LogP contribution in [0.5, 0.6) is 0 Å². The average molecular weight is 248 g/mol. The van der Waals surface area contributed by atoms with Crippen molar-refractivity contribution < 1.29 is 4.79 Å². The molecule has 0 aromatic carbocycles. The summed E-state index contributed by atoms with van der Waals surface area (Å²) < 4.78 is 0.480. The number of rotatable bonds is 10. The van der Waals surface area contributed by atoms with Crippen LogP contribution in [0.3, 0.4) is 0 Å². The summed E-state index contributed by atoms with van der Waals surface area (Å²) in [7, 11) is 0. The number of nitrogens with zero attached hydrogens (tertiary/aromatic N) is 1. The molecule has 0 saturated heterocycles. The first-order valence-electron chi connectivity index (χ1n) is 6.78. The number of unbranched alkanes of at least 4 members (excludes halogenated alkanes) is 8. The van der Waals surface area contributed by atoms with Gasteiger partial charge in [0.15, 0.2) is 6.19 Å². The number of hydrogen-bond donors (Lipinski definition) is 1. The summed E-state index contributed by atoms with van der Waals surface area (Å²) in [6.07, 6.45) is 14.2. The molecule has 0 aromatic rings. The fraction of sp³-hybridized carbons (Fsp3) is 0.846. The Morgan fingerprint density at radius 2 is 1.41 bits per heavy atom. The summed E-state index contributed by atoms with van der Waals surface area (Å²) in [6, 6.07) is 0. The minimum atomic E-state index is 0.480. The Hall–Kier alpha value is -0.0400. The van der Waals surface area contributed by atoms with Gasteiger partial charge >= 0.3 is 107 Å². The van der Waals surface area contributed by atoms with Gasteiger partial charge in [0.25, 0.3) is 0 Å². The van der Waals surface area contributed by atoms with Crippen molar-refractivity contribution in [1.82, 2.24) is 0 Å². The van der Waals surface area contributed by atoms with Crippen LogP contribution in [0.1, 0.15) is 71.1 Å². The summed E-state index contributed by atoms with van der Waals surface area (Å²) in [5.74, 6) is 0. The fourth-order valence-corrected chi connectivity index (χ4v) is 2.04. The number of carbonyl (C=O) groups excluding carboxylic acids is 1. The second-order valence-corrected chi connectivity index (χ2v) is 5.52. The van der Waals surface area contributed by atoms with E-state index in [4.69, 9.17) is 5.26 Å². The minimum Gasteiger partial charge on any atom is -0.337 e.